The Balaban J connectivity index is 1.18. The normalized spacial score (nSPS) is 24.8. The molecule has 1 amide bonds. The fourth-order valence-electron chi connectivity index (χ4n) is 5.09. The maximum absolute atomic E-state index is 11.2. The number of fused-ring (bicyclic) bond motifs is 1. The quantitative estimate of drug-likeness (QED) is 0.842. The number of nitrogens with zero attached hydrogens (tertiary/aromatic N) is 2. The summed E-state index contributed by atoms with van der Waals surface area (Å²) in [6, 6.07) is 9.36. The Labute approximate surface area is 172 Å². The number of nitrogens with one attached hydrogen (secondary N) is 1. The van der Waals surface area contributed by atoms with E-state index in [9.17, 15) is 4.79 Å². The molecule has 1 N–H and O–H groups in total. The lowest BCUT2D eigenvalue weighted by atomic mass is 10.1. The molecule has 2 aromatic rings. The third-order valence-corrected chi connectivity index (χ3v) is 6.71. The molecular weight excluding hydrogens is 366 g/mol. The number of aromatic nitrogens is 1. The van der Waals surface area contributed by atoms with E-state index in [-0.39, 0.29) is 24.7 Å². The Morgan fingerprint density at radius 1 is 1.10 bits per heavy atom. The van der Waals surface area contributed by atoms with Gasteiger partial charge in [0.15, 0.2) is 0 Å². The van der Waals surface area contributed by atoms with Crippen LogP contribution in [-0.4, -0.2) is 60.4 Å². The summed E-state index contributed by atoms with van der Waals surface area (Å²) < 4.78 is 14.5. The van der Waals surface area contributed by atoms with Crippen molar-refractivity contribution in [3.05, 3.63) is 30.5 Å². The lowest BCUT2D eigenvalue weighted by Crippen LogP contribution is -2.50. The molecule has 6 heteroatoms. The van der Waals surface area contributed by atoms with Crippen molar-refractivity contribution >= 4 is 16.8 Å². The molecule has 5 rings (SSSR count). The number of carbonyl (C=O) groups excluding carboxylic acids is 1. The number of ether oxygens (including phenoxy) is 2. The molecule has 0 bridgehead atoms. The van der Waals surface area contributed by atoms with Crippen molar-refractivity contribution in [1.29, 1.82) is 0 Å². The van der Waals surface area contributed by atoms with Crippen LogP contribution in [0, 0.1) is 0 Å². The van der Waals surface area contributed by atoms with Crippen molar-refractivity contribution in [3.8, 4) is 5.75 Å². The highest BCUT2D eigenvalue weighted by Crippen LogP contribution is 2.36. The largest absolute Gasteiger partial charge is 0.490 e. The summed E-state index contributed by atoms with van der Waals surface area (Å²) in [5.74, 6) is 1.01. The van der Waals surface area contributed by atoms with Crippen LogP contribution in [-0.2, 0) is 9.53 Å². The molecule has 2 saturated heterocycles. The van der Waals surface area contributed by atoms with Crippen LogP contribution in [0.1, 0.15) is 44.6 Å². The van der Waals surface area contributed by atoms with Crippen molar-refractivity contribution in [2.24, 2.45) is 0 Å². The molecule has 3 fully saturated rings. The molecular formula is C23H31N3O3. The summed E-state index contributed by atoms with van der Waals surface area (Å²) in [6.45, 7) is 3.71. The predicted octanol–water partition coefficient (Wildman–Crippen LogP) is 3.11. The second-order valence-corrected chi connectivity index (χ2v) is 8.71. The van der Waals surface area contributed by atoms with Crippen molar-refractivity contribution in [3.63, 3.8) is 0 Å². The highest BCUT2D eigenvalue weighted by atomic mass is 16.5. The number of amides is 1. The van der Waals surface area contributed by atoms with E-state index in [2.05, 4.69) is 45.2 Å². The first kappa shape index (κ1) is 18.9. The zero-order chi connectivity index (χ0) is 19.6. The van der Waals surface area contributed by atoms with Crippen LogP contribution in [0.5, 0.6) is 5.75 Å². The number of hydrogen-bond acceptors (Lipinski definition) is 4. The second kappa shape index (κ2) is 8.36. The first-order valence-electron chi connectivity index (χ1n) is 11.1. The lowest BCUT2D eigenvalue weighted by molar-refractivity contribution is -0.134. The Bertz CT molecular complexity index is 840. The van der Waals surface area contributed by atoms with Crippen LogP contribution in [0.4, 0.5) is 0 Å². The number of benzene rings is 1. The van der Waals surface area contributed by atoms with E-state index in [4.69, 9.17) is 9.47 Å². The lowest BCUT2D eigenvalue weighted by Gasteiger charge is -2.35. The highest BCUT2D eigenvalue weighted by molar-refractivity contribution is 5.86. The van der Waals surface area contributed by atoms with Crippen molar-refractivity contribution < 1.29 is 14.3 Å². The fourth-order valence-corrected chi connectivity index (χ4v) is 5.09. The van der Waals surface area contributed by atoms with E-state index in [1.807, 2.05) is 0 Å². The van der Waals surface area contributed by atoms with Gasteiger partial charge < -0.3 is 24.3 Å². The fraction of sp³-hybridized carbons (Fsp3) is 0.609. The Kier molecular flexibility index (Phi) is 5.46. The van der Waals surface area contributed by atoms with Gasteiger partial charge in [-0.3, -0.25) is 4.79 Å². The Morgan fingerprint density at radius 2 is 1.93 bits per heavy atom. The maximum Gasteiger partial charge on any atom is 0.246 e. The minimum absolute atomic E-state index is 0.00991. The van der Waals surface area contributed by atoms with Crippen molar-refractivity contribution in [2.75, 3.05) is 32.8 Å². The Morgan fingerprint density at radius 3 is 2.69 bits per heavy atom. The summed E-state index contributed by atoms with van der Waals surface area (Å²) in [7, 11) is 0. The number of morpholine rings is 1. The van der Waals surface area contributed by atoms with E-state index in [1.165, 1.54) is 36.6 Å². The van der Waals surface area contributed by atoms with E-state index >= 15 is 0 Å². The predicted molar refractivity (Wildman–Crippen MR) is 112 cm³/mol. The standard InChI is InChI=1S/C23H31N3O3/c27-23-16-28-19(14-24-23)15-25-11-8-18(9-12-25)29-22-7-3-6-21-20(22)10-13-26(21)17-4-1-2-5-17/h3,6-7,10,13,17-19H,1-2,4-5,8-9,11-12,14-16H2,(H,24,27). The minimum atomic E-state index is -0.00991. The minimum Gasteiger partial charge on any atom is -0.490 e. The second-order valence-electron chi connectivity index (χ2n) is 8.71. The molecule has 2 aliphatic heterocycles. The van der Waals surface area contributed by atoms with Crippen LogP contribution >= 0.6 is 0 Å². The zero-order valence-corrected chi connectivity index (χ0v) is 17.0. The highest BCUT2D eigenvalue weighted by Gasteiger charge is 2.26. The third-order valence-electron chi connectivity index (χ3n) is 6.71. The summed E-state index contributed by atoms with van der Waals surface area (Å²) in [6.07, 6.45) is 9.95. The van der Waals surface area contributed by atoms with Crippen LogP contribution in [0.15, 0.2) is 30.5 Å². The van der Waals surface area contributed by atoms with Gasteiger partial charge in [0.2, 0.25) is 5.91 Å². The molecule has 1 aliphatic carbocycles. The third kappa shape index (κ3) is 4.14. The monoisotopic (exact) mass is 397 g/mol. The number of hydrogen-bond donors (Lipinski definition) is 1. The van der Waals surface area contributed by atoms with Crippen LogP contribution in [0.25, 0.3) is 10.9 Å². The molecule has 1 aromatic carbocycles. The topological polar surface area (TPSA) is 55.7 Å². The van der Waals surface area contributed by atoms with Gasteiger partial charge in [-0.05, 0) is 43.9 Å². The van der Waals surface area contributed by atoms with Gasteiger partial charge in [0.05, 0.1) is 11.6 Å². The first-order valence-corrected chi connectivity index (χ1v) is 11.1. The van der Waals surface area contributed by atoms with Crippen molar-refractivity contribution in [2.45, 2.75) is 56.8 Å². The molecule has 1 aromatic heterocycles. The molecule has 1 unspecified atom stereocenters. The van der Waals surface area contributed by atoms with E-state index in [0.29, 0.717) is 12.6 Å². The van der Waals surface area contributed by atoms with Gasteiger partial charge in [0.1, 0.15) is 18.5 Å². The first-order chi connectivity index (χ1) is 14.3. The average molecular weight is 398 g/mol. The van der Waals surface area contributed by atoms with Gasteiger partial charge in [-0.1, -0.05) is 18.9 Å². The SMILES string of the molecule is O=C1COC(CN2CCC(Oc3cccc4c3ccn4C3CCCC3)CC2)CN1. The summed E-state index contributed by atoms with van der Waals surface area (Å²) >= 11 is 0. The van der Waals surface area contributed by atoms with Gasteiger partial charge in [0, 0.05) is 43.8 Å². The molecule has 156 valence electrons. The van der Waals surface area contributed by atoms with Crippen LogP contribution in [0.2, 0.25) is 0 Å². The number of rotatable bonds is 5. The van der Waals surface area contributed by atoms with Crippen LogP contribution in [0.3, 0.4) is 0 Å². The van der Waals surface area contributed by atoms with Gasteiger partial charge >= 0.3 is 0 Å². The summed E-state index contributed by atoms with van der Waals surface area (Å²) in [4.78, 5) is 13.6. The van der Waals surface area contributed by atoms with Crippen LogP contribution < -0.4 is 10.1 Å². The molecule has 0 radical (unpaired) electrons. The smallest absolute Gasteiger partial charge is 0.246 e. The van der Waals surface area contributed by atoms with Gasteiger partial charge in [-0.25, -0.2) is 0 Å². The molecule has 3 aliphatic rings. The van der Waals surface area contributed by atoms with E-state index < -0.39 is 0 Å². The molecule has 3 heterocycles. The van der Waals surface area contributed by atoms with E-state index in [0.717, 1.165) is 38.2 Å². The number of likely N-dealkylation sites (tertiary alicyclic amines) is 1. The average Bonchev–Trinajstić information content (AvgIpc) is 3.41. The van der Waals surface area contributed by atoms with E-state index in [1.54, 1.807) is 0 Å². The Hall–Kier alpha value is -2.05. The molecule has 1 atom stereocenters. The number of carbonyl (C=O) groups is 1. The van der Waals surface area contributed by atoms with Crippen molar-refractivity contribution in [1.82, 2.24) is 14.8 Å². The van der Waals surface area contributed by atoms with Gasteiger partial charge in [-0.15, -0.1) is 0 Å². The number of piperidine rings is 1. The molecule has 29 heavy (non-hydrogen) atoms. The van der Waals surface area contributed by atoms with Gasteiger partial charge in [-0.2, -0.15) is 0 Å². The molecule has 6 nitrogen and oxygen atoms in total. The summed E-state index contributed by atoms with van der Waals surface area (Å²) in [5, 5.41) is 4.13. The summed E-state index contributed by atoms with van der Waals surface area (Å²) in [5.41, 5.74) is 1.31. The van der Waals surface area contributed by atoms with Gasteiger partial charge in [0.25, 0.3) is 0 Å². The maximum atomic E-state index is 11.2. The zero-order valence-electron chi connectivity index (χ0n) is 17.0. The molecule has 1 saturated carbocycles. The molecule has 0 spiro atoms.